The van der Waals surface area contributed by atoms with E-state index in [1.807, 2.05) is 6.07 Å². The van der Waals surface area contributed by atoms with Crippen molar-refractivity contribution in [2.24, 2.45) is 0 Å². The van der Waals surface area contributed by atoms with E-state index in [1.165, 1.54) is 0 Å². The van der Waals surface area contributed by atoms with Crippen LogP contribution in [-0.2, 0) is 4.74 Å². The second kappa shape index (κ2) is 4.53. The molecular weight excluding hydrogens is 319 g/mol. The molecule has 1 aromatic rings. The molecule has 1 aliphatic heterocycles. The Morgan fingerprint density at radius 2 is 2.40 bits per heavy atom. The second-order valence-corrected chi connectivity index (χ2v) is 7.14. The van der Waals surface area contributed by atoms with Crippen LogP contribution in [0.5, 0.6) is 0 Å². The summed E-state index contributed by atoms with van der Waals surface area (Å²) in [5, 5.41) is 0.607. The molecule has 1 aromatic heterocycles. The van der Waals surface area contributed by atoms with Crippen LogP contribution in [0.25, 0.3) is 0 Å². The van der Waals surface area contributed by atoms with Crippen LogP contribution < -0.4 is 0 Å². The summed E-state index contributed by atoms with van der Waals surface area (Å²) in [5.74, 6) is 0. The Kier molecular flexibility index (Phi) is 3.68. The largest absolute Gasteiger partial charge is 0.373 e. The lowest BCUT2D eigenvalue weighted by Crippen LogP contribution is -2.28. The molecule has 2 unspecified atom stereocenters. The number of hydrogen-bond acceptors (Lipinski definition) is 2. The fourth-order valence-electron chi connectivity index (χ4n) is 1.79. The van der Waals surface area contributed by atoms with E-state index in [4.69, 9.17) is 27.9 Å². The summed E-state index contributed by atoms with van der Waals surface area (Å²) in [5.41, 5.74) is -0.241. The molecule has 0 aromatic carbocycles. The van der Waals surface area contributed by atoms with Crippen molar-refractivity contribution in [2.45, 2.75) is 30.7 Å². The number of hydrogen-bond donors (Lipinski definition) is 0. The van der Waals surface area contributed by atoms with E-state index in [0.29, 0.717) is 0 Å². The van der Waals surface area contributed by atoms with Crippen molar-refractivity contribution in [1.82, 2.24) is 0 Å². The van der Waals surface area contributed by atoms with E-state index in [2.05, 4.69) is 22.9 Å². The quantitative estimate of drug-likeness (QED) is 0.693. The SMILES string of the molecule is CC1(C(Cl)c2cc(Cl)c(Br)s2)CCCO1. The lowest BCUT2D eigenvalue weighted by molar-refractivity contribution is 0.0171. The lowest BCUT2D eigenvalue weighted by atomic mass is 9.97. The zero-order valence-corrected chi connectivity index (χ0v) is 12.1. The molecule has 84 valence electrons. The second-order valence-electron chi connectivity index (χ2n) is 3.90. The third kappa shape index (κ3) is 2.37. The molecule has 1 nitrogen and oxygen atoms in total. The maximum Gasteiger partial charge on any atom is 0.0965 e. The minimum atomic E-state index is -0.241. The van der Waals surface area contributed by atoms with Crippen LogP contribution in [0.1, 0.15) is 30.0 Å². The van der Waals surface area contributed by atoms with E-state index < -0.39 is 0 Å². The average Bonchev–Trinajstić information content (AvgIpc) is 2.75. The van der Waals surface area contributed by atoms with Crippen molar-refractivity contribution < 1.29 is 4.74 Å². The van der Waals surface area contributed by atoms with Gasteiger partial charge in [-0.2, -0.15) is 0 Å². The molecule has 2 heterocycles. The first kappa shape index (κ1) is 12.2. The van der Waals surface area contributed by atoms with Crippen LogP contribution in [0.3, 0.4) is 0 Å². The number of alkyl halides is 1. The van der Waals surface area contributed by atoms with Gasteiger partial charge in [-0.15, -0.1) is 22.9 Å². The van der Waals surface area contributed by atoms with E-state index in [-0.39, 0.29) is 11.0 Å². The van der Waals surface area contributed by atoms with Crippen molar-refractivity contribution in [3.05, 3.63) is 19.8 Å². The van der Waals surface area contributed by atoms with Crippen molar-refractivity contribution in [3.63, 3.8) is 0 Å². The van der Waals surface area contributed by atoms with Gasteiger partial charge in [0.25, 0.3) is 0 Å². The minimum Gasteiger partial charge on any atom is -0.373 e. The number of thiophene rings is 1. The van der Waals surface area contributed by atoms with Gasteiger partial charge in [0, 0.05) is 11.5 Å². The summed E-state index contributed by atoms with van der Waals surface area (Å²) in [4.78, 5) is 1.07. The Balaban J connectivity index is 2.23. The van der Waals surface area contributed by atoms with E-state index in [9.17, 15) is 0 Å². The summed E-state index contributed by atoms with van der Waals surface area (Å²) in [6.07, 6.45) is 2.09. The monoisotopic (exact) mass is 328 g/mol. The van der Waals surface area contributed by atoms with Gasteiger partial charge in [0.1, 0.15) is 0 Å². The van der Waals surface area contributed by atoms with Crippen LogP contribution in [0.15, 0.2) is 9.85 Å². The molecule has 0 bridgehead atoms. The Hall–Kier alpha value is 0.720. The predicted octanol–water partition coefficient (Wildman–Crippen LogP) is 5.01. The van der Waals surface area contributed by atoms with E-state index in [0.717, 1.165) is 33.1 Å². The topological polar surface area (TPSA) is 9.23 Å². The van der Waals surface area contributed by atoms with E-state index >= 15 is 0 Å². The van der Waals surface area contributed by atoms with Gasteiger partial charge in [-0.3, -0.25) is 0 Å². The molecule has 0 radical (unpaired) electrons. The number of ether oxygens (including phenoxy) is 1. The first-order chi connectivity index (χ1) is 7.03. The standard InChI is InChI=1S/C10H11BrCl2OS/c1-10(3-2-4-14-10)8(13)7-5-6(12)9(11)15-7/h5,8H,2-4H2,1H3. The highest BCUT2D eigenvalue weighted by Gasteiger charge is 2.39. The molecule has 0 aliphatic carbocycles. The van der Waals surface area contributed by atoms with Crippen LogP contribution in [-0.4, -0.2) is 12.2 Å². The molecule has 0 N–H and O–H groups in total. The van der Waals surface area contributed by atoms with Crippen molar-refractivity contribution in [3.8, 4) is 0 Å². The summed E-state index contributed by atoms with van der Waals surface area (Å²) in [6.45, 7) is 2.87. The minimum absolute atomic E-state index is 0.117. The van der Waals surface area contributed by atoms with Gasteiger partial charge in [-0.05, 0) is 41.8 Å². The first-order valence-electron chi connectivity index (χ1n) is 4.76. The smallest absolute Gasteiger partial charge is 0.0965 e. The van der Waals surface area contributed by atoms with Crippen LogP contribution in [0.4, 0.5) is 0 Å². The molecule has 5 heteroatoms. The normalized spacial score (nSPS) is 28.3. The first-order valence-corrected chi connectivity index (χ1v) is 7.18. The summed E-state index contributed by atoms with van der Waals surface area (Å²) >= 11 is 17.4. The maximum atomic E-state index is 6.44. The van der Waals surface area contributed by atoms with Gasteiger partial charge in [0.05, 0.1) is 19.8 Å². The fraction of sp³-hybridized carbons (Fsp3) is 0.600. The Morgan fingerprint density at radius 1 is 1.67 bits per heavy atom. The summed E-state index contributed by atoms with van der Waals surface area (Å²) < 4.78 is 6.66. The molecule has 0 amide bonds. The van der Waals surface area contributed by atoms with Gasteiger partial charge >= 0.3 is 0 Å². The van der Waals surface area contributed by atoms with Gasteiger partial charge in [-0.25, -0.2) is 0 Å². The van der Waals surface area contributed by atoms with Gasteiger partial charge < -0.3 is 4.74 Å². The van der Waals surface area contributed by atoms with Crippen molar-refractivity contribution in [1.29, 1.82) is 0 Å². The highest BCUT2D eigenvalue weighted by atomic mass is 79.9. The lowest BCUT2D eigenvalue weighted by Gasteiger charge is -2.27. The molecular formula is C10H11BrCl2OS. The maximum absolute atomic E-state index is 6.44. The average molecular weight is 330 g/mol. The number of rotatable bonds is 2. The molecule has 1 fully saturated rings. The van der Waals surface area contributed by atoms with Crippen molar-refractivity contribution in [2.75, 3.05) is 6.61 Å². The molecule has 2 atom stereocenters. The van der Waals surface area contributed by atoms with Gasteiger partial charge in [0.15, 0.2) is 0 Å². The molecule has 2 rings (SSSR count). The molecule has 0 saturated carbocycles. The summed E-state index contributed by atoms with van der Waals surface area (Å²) in [7, 11) is 0. The Labute approximate surface area is 112 Å². The Morgan fingerprint density at radius 3 is 2.87 bits per heavy atom. The third-order valence-corrected chi connectivity index (χ3v) is 6.07. The fourth-order valence-corrected chi connectivity index (χ4v) is 4.02. The van der Waals surface area contributed by atoms with Gasteiger partial charge in [0.2, 0.25) is 0 Å². The van der Waals surface area contributed by atoms with Crippen LogP contribution in [0, 0.1) is 0 Å². The molecule has 0 spiro atoms. The number of halogens is 3. The van der Waals surface area contributed by atoms with Crippen LogP contribution in [0.2, 0.25) is 5.02 Å². The zero-order chi connectivity index (χ0) is 11.1. The molecule has 1 aliphatic rings. The van der Waals surface area contributed by atoms with Crippen LogP contribution >= 0.6 is 50.5 Å². The molecule has 1 saturated heterocycles. The zero-order valence-electron chi connectivity index (χ0n) is 8.23. The highest BCUT2D eigenvalue weighted by Crippen LogP contribution is 2.46. The van der Waals surface area contributed by atoms with Gasteiger partial charge in [-0.1, -0.05) is 11.6 Å². The third-order valence-electron chi connectivity index (χ3n) is 2.70. The van der Waals surface area contributed by atoms with Crippen molar-refractivity contribution >= 4 is 50.5 Å². The Bertz CT molecular complexity index is 341. The highest BCUT2D eigenvalue weighted by molar-refractivity contribution is 9.11. The molecule has 15 heavy (non-hydrogen) atoms. The summed E-state index contributed by atoms with van der Waals surface area (Å²) in [6, 6.07) is 1.92. The van der Waals surface area contributed by atoms with E-state index in [1.54, 1.807) is 11.3 Å². The predicted molar refractivity (Wildman–Crippen MR) is 69.2 cm³/mol.